The number of aliphatic hydroxyl groups excluding tert-OH is 2. The molecule has 3 N–H and O–H groups in total. The highest BCUT2D eigenvalue weighted by Gasteiger charge is 2.39. The highest BCUT2D eigenvalue weighted by atomic mass is 16.4. The van der Waals surface area contributed by atoms with Gasteiger partial charge < -0.3 is 15.3 Å². The Bertz CT molecular complexity index is 533. The quantitative estimate of drug-likeness (QED) is 0.398. The lowest BCUT2D eigenvalue weighted by Crippen LogP contribution is -2.19. The maximum absolute atomic E-state index is 12.2. The standard InChI is InChI=1S/C22H34O5/c23-17(14-16-8-4-3-5-9-16)12-13-19-18(20(24)15-21(19)25)10-6-1-2-7-11-22(26)27/h1,6,12-13,16-19,21,23,25H,2-5,7-11,14-15H2,(H,26,27)/b6-1+,13-12+/t17-,18+,19-,21-/m1/s1. The molecule has 5 heteroatoms. The molecule has 4 atom stereocenters. The predicted molar refractivity (Wildman–Crippen MR) is 104 cm³/mol. The van der Waals surface area contributed by atoms with E-state index in [4.69, 9.17) is 5.11 Å². The Morgan fingerprint density at radius 2 is 1.93 bits per heavy atom. The van der Waals surface area contributed by atoms with Crippen LogP contribution >= 0.6 is 0 Å². The van der Waals surface area contributed by atoms with E-state index in [1.165, 1.54) is 32.1 Å². The summed E-state index contributed by atoms with van der Waals surface area (Å²) in [5, 5.41) is 29.1. The summed E-state index contributed by atoms with van der Waals surface area (Å²) in [7, 11) is 0. The van der Waals surface area contributed by atoms with Crippen LogP contribution in [0.1, 0.15) is 70.6 Å². The lowest BCUT2D eigenvalue weighted by atomic mass is 9.85. The van der Waals surface area contributed by atoms with Crippen molar-refractivity contribution in [3.05, 3.63) is 24.3 Å². The Labute approximate surface area is 162 Å². The molecule has 0 aliphatic heterocycles. The molecule has 0 amide bonds. The second kappa shape index (κ2) is 11.4. The topological polar surface area (TPSA) is 94.8 Å². The first-order chi connectivity index (χ1) is 13.0. The number of carboxylic acid groups (broad SMARTS) is 1. The van der Waals surface area contributed by atoms with Crippen molar-refractivity contribution in [1.82, 2.24) is 0 Å². The highest BCUT2D eigenvalue weighted by molar-refractivity contribution is 5.84. The minimum atomic E-state index is -0.797. The molecule has 0 radical (unpaired) electrons. The SMILES string of the molecule is O=C(O)CCC/C=C/C[C@@H]1C(=O)C[C@@H](O)[C@@H]1/C=C/[C@@H](O)CC1CCCCC1. The molecule has 2 aliphatic rings. The Balaban J connectivity index is 1.81. The van der Waals surface area contributed by atoms with E-state index in [2.05, 4.69) is 0 Å². The largest absolute Gasteiger partial charge is 0.481 e. The van der Waals surface area contributed by atoms with Crippen molar-refractivity contribution in [1.29, 1.82) is 0 Å². The minimum Gasteiger partial charge on any atom is -0.481 e. The van der Waals surface area contributed by atoms with Gasteiger partial charge in [0.2, 0.25) is 0 Å². The van der Waals surface area contributed by atoms with Gasteiger partial charge in [0, 0.05) is 24.7 Å². The molecule has 0 bridgehead atoms. The molecular formula is C22H34O5. The molecule has 0 saturated heterocycles. The van der Waals surface area contributed by atoms with Crippen LogP contribution in [0, 0.1) is 17.8 Å². The predicted octanol–water partition coefficient (Wildman–Crippen LogP) is 3.64. The van der Waals surface area contributed by atoms with E-state index in [1.807, 2.05) is 18.2 Å². The van der Waals surface area contributed by atoms with Gasteiger partial charge in [-0.1, -0.05) is 56.4 Å². The molecule has 2 fully saturated rings. The van der Waals surface area contributed by atoms with Crippen LogP contribution in [-0.4, -0.2) is 39.3 Å². The average Bonchev–Trinajstić information content (AvgIpc) is 2.89. The number of rotatable bonds is 10. The second-order valence-corrected chi connectivity index (χ2v) is 8.11. The zero-order valence-electron chi connectivity index (χ0n) is 16.1. The molecule has 152 valence electrons. The monoisotopic (exact) mass is 378 g/mol. The normalized spacial score (nSPS) is 28.4. The summed E-state index contributed by atoms with van der Waals surface area (Å²) in [5.74, 6) is -0.655. The molecule has 27 heavy (non-hydrogen) atoms. The maximum Gasteiger partial charge on any atom is 0.303 e. The summed E-state index contributed by atoms with van der Waals surface area (Å²) in [5.41, 5.74) is 0. The van der Waals surface area contributed by atoms with Gasteiger partial charge in [-0.15, -0.1) is 0 Å². The summed E-state index contributed by atoms with van der Waals surface area (Å²) >= 11 is 0. The fourth-order valence-electron chi connectivity index (χ4n) is 4.36. The number of Topliss-reactive ketones (excluding diaryl/α,β-unsaturated/α-hetero) is 1. The number of hydrogen-bond acceptors (Lipinski definition) is 4. The Morgan fingerprint density at radius 1 is 1.19 bits per heavy atom. The number of aliphatic hydroxyl groups is 2. The van der Waals surface area contributed by atoms with Crippen molar-refractivity contribution in [3.8, 4) is 0 Å². The molecular weight excluding hydrogens is 344 g/mol. The first-order valence-corrected chi connectivity index (χ1v) is 10.4. The number of hydrogen-bond donors (Lipinski definition) is 3. The van der Waals surface area contributed by atoms with Gasteiger partial charge in [0.15, 0.2) is 0 Å². The number of carboxylic acids is 1. The van der Waals surface area contributed by atoms with Crippen molar-refractivity contribution in [2.75, 3.05) is 0 Å². The van der Waals surface area contributed by atoms with Gasteiger partial charge in [-0.25, -0.2) is 0 Å². The van der Waals surface area contributed by atoms with E-state index in [0.29, 0.717) is 25.2 Å². The third-order valence-electron chi connectivity index (χ3n) is 5.91. The van der Waals surface area contributed by atoms with Gasteiger partial charge in [0.05, 0.1) is 12.2 Å². The van der Waals surface area contributed by atoms with Crippen molar-refractivity contribution in [3.63, 3.8) is 0 Å². The van der Waals surface area contributed by atoms with Gasteiger partial charge in [-0.05, 0) is 31.6 Å². The molecule has 2 aliphatic carbocycles. The fourth-order valence-corrected chi connectivity index (χ4v) is 4.36. The van der Waals surface area contributed by atoms with E-state index in [9.17, 15) is 19.8 Å². The van der Waals surface area contributed by atoms with Gasteiger partial charge in [-0.2, -0.15) is 0 Å². The van der Waals surface area contributed by atoms with Gasteiger partial charge in [0.1, 0.15) is 5.78 Å². The van der Waals surface area contributed by atoms with Crippen LogP contribution in [0.5, 0.6) is 0 Å². The summed E-state index contributed by atoms with van der Waals surface area (Å²) in [6.45, 7) is 0. The summed E-state index contributed by atoms with van der Waals surface area (Å²) in [6.07, 6.45) is 15.3. The van der Waals surface area contributed by atoms with Crippen molar-refractivity contribution >= 4 is 11.8 Å². The number of carbonyl (C=O) groups is 2. The minimum absolute atomic E-state index is 0.0640. The molecule has 2 saturated carbocycles. The smallest absolute Gasteiger partial charge is 0.303 e. The number of ketones is 1. The average molecular weight is 379 g/mol. The summed E-state index contributed by atoms with van der Waals surface area (Å²) in [4.78, 5) is 22.7. The van der Waals surface area contributed by atoms with Gasteiger partial charge >= 0.3 is 5.97 Å². The molecule has 0 spiro atoms. The van der Waals surface area contributed by atoms with Crippen LogP contribution < -0.4 is 0 Å². The number of unbranched alkanes of at least 4 members (excludes halogenated alkanes) is 1. The van der Waals surface area contributed by atoms with E-state index in [-0.39, 0.29) is 30.5 Å². The third-order valence-corrected chi connectivity index (χ3v) is 5.91. The van der Waals surface area contributed by atoms with Crippen LogP contribution in [0.15, 0.2) is 24.3 Å². The molecule has 5 nitrogen and oxygen atoms in total. The Kier molecular flexibility index (Phi) is 9.22. The molecule has 0 aromatic rings. The summed E-state index contributed by atoms with van der Waals surface area (Å²) < 4.78 is 0. The van der Waals surface area contributed by atoms with Gasteiger partial charge in [0.25, 0.3) is 0 Å². The lowest BCUT2D eigenvalue weighted by Gasteiger charge is -2.23. The second-order valence-electron chi connectivity index (χ2n) is 8.11. The van der Waals surface area contributed by atoms with Crippen LogP contribution in [0.25, 0.3) is 0 Å². The Hall–Kier alpha value is -1.46. The molecule has 0 aromatic heterocycles. The zero-order chi connectivity index (χ0) is 19.6. The van der Waals surface area contributed by atoms with E-state index < -0.39 is 18.2 Å². The van der Waals surface area contributed by atoms with Crippen molar-refractivity contribution < 1.29 is 24.9 Å². The van der Waals surface area contributed by atoms with E-state index in [0.717, 1.165) is 6.42 Å². The number of carbonyl (C=O) groups excluding carboxylic acids is 1. The Morgan fingerprint density at radius 3 is 2.63 bits per heavy atom. The van der Waals surface area contributed by atoms with Gasteiger partial charge in [-0.3, -0.25) is 9.59 Å². The first kappa shape index (κ1) is 21.8. The van der Waals surface area contributed by atoms with Crippen molar-refractivity contribution in [2.45, 2.75) is 82.8 Å². The highest BCUT2D eigenvalue weighted by Crippen LogP contribution is 2.34. The van der Waals surface area contributed by atoms with E-state index >= 15 is 0 Å². The molecule has 2 rings (SSSR count). The zero-order valence-corrected chi connectivity index (χ0v) is 16.1. The molecule has 0 heterocycles. The first-order valence-electron chi connectivity index (χ1n) is 10.4. The fraction of sp³-hybridized carbons (Fsp3) is 0.727. The summed E-state index contributed by atoms with van der Waals surface area (Å²) in [6, 6.07) is 0. The molecule has 0 unspecified atom stereocenters. The van der Waals surface area contributed by atoms with E-state index in [1.54, 1.807) is 6.08 Å². The van der Waals surface area contributed by atoms with Crippen LogP contribution in [0.3, 0.4) is 0 Å². The lowest BCUT2D eigenvalue weighted by molar-refractivity contribution is -0.137. The number of allylic oxidation sites excluding steroid dienone is 2. The maximum atomic E-state index is 12.2. The van der Waals surface area contributed by atoms with Crippen LogP contribution in [0.4, 0.5) is 0 Å². The third kappa shape index (κ3) is 7.59. The van der Waals surface area contributed by atoms with Crippen molar-refractivity contribution in [2.24, 2.45) is 17.8 Å². The molecule has 0 aromatic carbocycles. The van der Waals surface area contributed by atoms with Crippen LogP contribution in [-0.2, 0) is 9.59 Å². The number of aliphatic carboxylic acids is 1. The van der Waals surface area contributed by atoms with Crippen LogP contribution in [0.2, 0.25) is 0 Å².